The van der Waals surface area contributed by atoms with Crippen LogP contribution in [0.25, 0.3) is 11.0 Å². The zero-order valence-corrected chi connectivity index (χ0v) is 14.3. The lowest BCUT2D eigenvalue weighted by Gasteiger charge is -2.18. The number of hydrogen-bond donors (Lipinski definition) is 0. The molecule has 0 atom stereocenters. The number of esters is 1. The van der Waals surface area contributed by atoms with Gasteiger partial charge < -0.3 is 14.7 Å². The monoisotopic (exact) mass is 358 g/mol. The van der Waals surface area contributed by atoms with Crippen molar-refractivity contribution in [2.45, 2.75) is 17.8 Å². The average Bonchev–Trinajstić information content (AvgIpc) is 2.63. The summed E-state index contributed by atoms with van der Waals surface area (Å²) in [5.41, 5.74) is 0.703. The summed E-state index contributed by atoms with van der Waals surface area (Å²) < 4.78 is 5.70. The van der Waals surface area contributed by atoms with Crippen LogP contribution >= 0.6 is 11.8 Å². The van der Waals surface area contributed by atoms with Crippen LogP contribution in [0.4, 0.5) is 0 Å². The number of rotatable bonds is 4. The first kappa shape index (κ1) is 16.9. The van der Waals surface area contributed by atoms with Gasteiger partial charge in [0.25, 0.3) is 5.52 Å². The summed E-state index contributed by atoms with van der Waals surface area (Å²) in [7, 11) is 1.16. The molecule has 2 heterocycles. The molecule has 0 aliphatic rings. The number of methoxy groups -OCH3 is 1. The summed E-state index contributed by atoms with van der Waals surface area (Å²) in [6.45, 7) is 1.82. The van der Waals surface area contributed by atoms with Crippen LogP contribution in [0.5, 0.6) is 0 Å². The van der Waals surface area contributed by atoms with Gasteiger partial charge in [-0.25, -0.2) is 14.8 Å². The lowest BCUT2D eigenvalue weighted by atomic mass is 10.2. The summed E-state index contributed by atoms with van der Waals surface area (Å²) in [4.78, 5) is 33.0. The number of aromatic nitrogens is 4. The zero-order valence-electron chi connectivity index (χ0n) is 13.5. The summed E-state index contributed by atoms with van der Waals surface area (Å²) >= 11 is 1.16. The molecule has 0 spiro atoms. The van der Waals surface area contributed by atoms with Gasteiger partial charge in [-0.2, -0.15) is 0 Å². The van der Waals surface area contributed by atoms with Gasteiger partial charge in [-0.1, -0.05) is 23.9 Å². The molecule has 0 radical (unpaired) electrons. The Labute approximate surface area is 146 Å². The Bertz CT molecular complexity index is 1020. The highest BCUT2D eigenvalue weighted by molar-refractivity contribution is 7.98. The molecule has 0 amide bonds. The lowest BCUT2D eigenvalue weighted by Crippen LogP contribution is -2.31. The third-order valence-corrected chi connectivity index (χ3v) is 4.40. The van der Waals surface area contributed by atoms with E-state index in [-0.39, 0.29) is 28.2 Å². The predicted molar refractivity (Wildman–Crippen MR) is 91.7 cm³/mol. The maximum absolute atomic E-state index is 12.7. The smallest absolute Gasteiger partial charge is 0.410 e. The third kappa shape index (κ3) is 3.18. The van der Waals surface area contributed by atoms with Crippen molar-refractivity contribution < 1.29 is 14.0 Å². The molecule has 1 aromatic carbocycles. The van der Waals surface area contributed by atoms with Gasteiger partial charge in [0.15, 0.2) is 5.16 Å². The quantitative estimate of drug-likeness (QED) is 0.304. The Balaban J connectivity index is 2.13. The van der Waals surface area contributed by atoms with Gasteiger partial charge in [0.1, 0.15) is 11.2 Å². The molecule has 0 unspecified atom stereocenters. The van der Waals surface area contributed by atoms with Crippen LogP contribution in [-0.2, 0) is 10.5 Å². The van der Waals surface area contributed by atoms with E-state index in [1.165, 1.54) is 12.1 Å². The van der Waals surface area contributed by atoms with Gasteiger partial charge in [-0.15, -0.1) is 0 Å². The second-order valence-corrected chi connectivity index (χ2v) is 6.08. The highest BCUT2D eigenvalue weighted by Crippen LogP contribution is 2.23. The van der Waals surface area contributed by atoms with Crippen molar-refractivity contribution in [1.82, 2.24) is 14.7 Å². The number of carbonyl (C=O) groups is 1. The molecule has 2 aromatic heterocycles. The molecule has 3 aromatic rings. The molecule has 3 rings (SSSR count). The van der Waals surface area contributed by atoms with Crippen molar-refractivity contribution >= 4 is 28.8 Å². The van der Waals surface area contributed by atoms with Crippen molar-refractivity contribution in [3.05, 3.63) is 63.7 Å². The molecular formula is C16H14N4O4S. The molecule has 8 nitrogen and oxygen atoms in total. The molecule has 0 N–H and O–H groups in total. The Hall–Kier alpha value is -2.94. The highest BCUT2D eigenvalue weighted by atomic mass is 32.2. The predicted octanol–water partition coefficient (Wildman–Crippen LogP) is 2.08. The minimum atomic E-state index is -0.869. The van der Waals surface area contributed by atoms with Crippen molar-refractivity contribution in [2.75, 3.05) is 7.11 Å². The van der Waals surface area contributed by atoms with E-state index in [9.17, 15) is 14.9 Å². The Kier molecular flexibility index (Phi) is 4.66. The maximum atomic E-state index is 12.7. The molecule has 25 heavy (non-hydrogen) atoms. The van der Waals surface area contributed by atoms with Gasteiger partial charge in [0.05, 0.1) is 11.5 Å². The number of nitrogens with zero attached hydrogens (tertiary/aromatic N) is 4. The Morgan fingerprint density at radius 1 is 1.36 bits per heavy atom. The molecule has 9 heteroatoms. The van der Waals surface area contributed by atoms with E-state index in [0.29, 0.717) is 14.3 Å². The molecule has 0 aliphatic carbocycles. The third-order valence-electron chi connectivity index (χ3n) is 3.53. The SMILES string of the molecule is COC(=O)c1c(CSc2nccc(C)n2)n([O-])c2ccccc2[n+]1=O. The van der Waals surface area contributed by atoms with Crippen molar-refractivity contribution in [2.24, 2.45) is 0 Å². The molecule has 0 aliphatic heterocycles. The van der Waals surface area contributed by atoms with E-state index in [1.54, 1.807) is 24.4 Å². The van der Waals surface area contributed by atoms with Crippen molar-refractivity contribution in [3.63, 3.8) is 0 Å². The molecule has 0 fully saturated rings. The highest BCUT2D eigenvalue weighted by Gasteiger charge is 2.30. The van der Waals surface area contributed by atoms with E-state index in [4.69, 9.17) is 0 Å². The van der Waals surface area contributed by atoms with E-state index >= 15 is 0 Å². The van der Waals surface area contributed by atoms with Crippen LogP contribution < -0.4 is 4.43 Å². The minimum absolute atomic E-state index is 0.00402. The summed E-state index contributed by atoms with van der Waals surface area (Å²) in [6, 6.07) is 8.01. The Morgan fingerprint density at radius 2 is 2.12 bits per heavy atom. The number of fused-ring (bicyclic) bond motifs is 1. The second kappa shape index (κ2) is 6.89. The normalized spacial score (nSPS) is 10.8. The van der Waals surface area contributed by atoms with Crippen LogP contribution in [0.1, 0.15) is 21.9 Å². The van der Waals surface area contributed by atoms with E-state index in [1.807, 2.05) is 6.92 Å². The van der Waals surface area contributed by atoms with Gasteiger partial charge in [0, 0.05) is 28.6 Å². The van der Waals surface area contributed by atoms with Gasteiger partial charge in [0.2, 0.25) is 0 Å². The number of benzene rings is 1. The van der Waals surface area contributed by atoms with E-state index < -0.39 is 5.97 Å². The van der Waals surface area contributed by atoms with Gasteiger partial charge in [-0.05, 0) is 19.1 Å². The van der Waals surface area contributed by atoms with Crippen LogP contribution in [0.2, 0.25) is 0 Å². The van der Waals surface area contributed by atoms with Gasteiger partial charge >= 0.3 is 11.7 Å². The molecule has 128 valence electrons. The summed E-state index contributed by atoms with van der Waals surface area (Å²) in [5.74, 6) is -0.823. The number of aryl methyl sites for hydroxylation is 1. The van der Waals surface area contributed by atoms with E-state index in [2.05, 4.69) is 14.7 Å². The number of thioether (sulfide) groups is 1. The van der Waals surface area contributed by atoms with Crippen molar-refractivity contribution in [1.29, 1.82) is 0 Å². The summed E-state index contributed by atoms with van der Waals surface area (Å²) in [5, 5.41) is 13.2. The number of para-hydroxylation sites is 2. The standard InChI is InChI=1S/C16H14N4O4S/c1-10-7-8-17-16(18-10)25-9-13-14(15(21)24-2)20(23)12-6-4-3-5-11(12)19(13)22/h3-8H,9H2,1-2H3. The molecule has 0 bridgehead atoms. The fourth-order valence-electron chi connectivity index (χ4n) is 2.34. The van der Waals surface area contributed by atoms with Crippen LogP contribution in [0.15, 0.2) is 41.7 Å². The molecule has 0 saturated carbocycles. The largest absolute Gasteiger partial charge is 0.805 e. The number of hydrogen-bond acceptors (Lipinski definition) is 7. The minimum Gasteiger partial charge on any atom is -0.805 e. The van der Waals surface area contributed by atoms with Crippen molar-refractivity contribution in [3.8, 4) is 0 Å². The van der Waals surface area contributed by atoms with Gasteiger partial charge in [-0.3, -0.25) is 0 Å². The maximum Gasteiger partial charge on any atom is 0.410 e. The molecule has 0 saturated heterocycles. The van der Waals surface area contributed by atoms with E-state index in [0.717, 1.165) is 24.6 Å². The van der Waals surface area contributed by atoms with Crippen LogP contribution in [0.3, 0.4) is 0 Å². The number of carbonyl (C=O) groups excluding carboxylic acids is 1. The fourth-order valence-corrected chi connectivity index (χ4v) is 3.20. The first-order chi connectivity index (χ1) is 12.0. The second-order valence-electron chi connectivity index (χ2n) is 5.13. The first-order valence-corrected chi connectivity index (χ1v) is 8.29. The molecular weight excluding hydrogens is 344 g/mol. The average molecular weight is 358 g/mol. The van der Waals surface area contributed by atoms with Crippen LogP contribution in [-0.4, -0.2) is 27.8 Å². The Morgan fingerprint density at radius 3 is 2.84 bits per heavy atom. The topological polar surface area (TPSA) is 103 Å². The first-order valence-electron chi connectivity index (χ1n) is 7.30. The number of ether oxygens (including phenoxy) is 1. The fraction of sp³-hybridized carbons (Fsp3) is 0.188. The zero-order chi connectivity index (χ0) is 18.0. The van der Waals surface area contributed by atoms with Crippen LogP contribution in [0, 0.1) is 17.0 Å². The summed E-state index contributed by atoms with van der Waals surface area (Å²) in [6.07, 6.45) is 1.60. The lowest BCUT2D eigenvalue weighted by molar-refractivity contribution is -0.469.